The van der Waals surface area contributed by atoms with Gasteiger partial charge in [0, 0.05) is 25.2 Å². The Bertz CT molecular complexity index is 549. The van der Waals surface area contributed by atoms with E-state index in [2.05, 4.69) is 4.99 Å². The minimum absolute atomic E-state index is 0.00959. The molecule has 0 atom stereocenters. The maximum atomic E-state index is 12.9. The van der Waals surface area contributed by atoms with Crippen LogP contribution in [-0.2, 0) is 0 Å². The largest absolute Gasteiger partial charge is 0.507 e. The maximum absolute atomic E-state index is 12.9. The van der Waals surface area contributed by atoms with Crippen molar-refractivity contribution in [3.8, 4) is 5.75 Å². The summed E-state index contributed by atoms with van der Waals surface area (Å²) in [6.07, 6.45) is 0. The molecule has 23 heavy (non-hydrogen) atoms. The Morgan fingerprint density at radius 3 is 2.13 bits per heavy atom. The first kappa shape index (κ1) is 19.0. The third-order valence-electron chi connectivity index (χ3n) is 3.51. The zero-order valence-electron chi connectivity index (χ0n) is 15.1. The standard InChI is InChI=1S/C18H29N3O2/c1-7-20(8-2)18(23)21(14(5)6)17(19-13(3)4)15-11-9-10-12-16(15)22/h9-14,22H,7-8H2,1-6H3. The maximum Gasteiger partial charge on any atom is 0.325 e. The van der Waals surface area contributed by atoms with Gasteiger partial charge in [0.25, 0.3) is 0 Å². The number of aliphatic imine (C=N–C) groups is 1. The molecule has 0 aliphatic heterocycles. The minimum atomic E-state index is -0.0901. The zero-order chi connectivity index (χ0) is 17.6. The average molecular weight is 319 g/mol. The molecule has 0 aromatic heterocycles. The number of amidine groups is 1. The number of hydrogen-bond donors (Lipinski definition) is 1. The van der Waals surface area contributed by atoms with E-state index in [1.54, 1.807) is 28.0 Å². The fourth-order valence-electron chi connectivity index (χ4n) is 2.37. The lowest BCUT2D eigenvalue weighted by molar-refractivity contribution is 0.172. The average Bonchev–Trinajstić information content (AvgIpc) is 2.47. The topological polar surface area (TPSA) is 56.1 Å². The van der Waals surface area contributed by atoms with E-state index in [-0.39, 0.29) is 23.9 Å². The lowest BCUT2D eigenvalue weighted by atomic mass is 10.1. The van der Waals surface area contributed by atoms with E-state index in [1.165, 1.54) is 0 Å². The van der Waals surface area contributed by atoms with Crippen LogP contribution in [0.1, 0.15) is 47.1 Å². The molecule has 0 radical (unpaired) electrons. The molecule has 0 spiro atoms. The van der Waals surface area contributed by atoms with Crippen LogP contribution in [0, 0.1) is 0 Å². The number of phenolic OH excluding ortho intramolecular Hbond substituents is 1. The lowest BCUT2D eigenvalue weighted by Gasteiger charge is -2.33. The van der Waals surface area contributed by atoms with Crippen molar-refractivity contribution >= 4 is 11.9 Å². The number of carbonyl (C=O) groups excluding carboxylic acids is 1. The first-order valence-corrected chi connectivity index (χ1v) is 8.27. The molecule has 1 aromatic carbocycles. The summed E-state index contributed by atoms with van der Waals surface area (Å²) in [5, 5.41) is 10.2. The highest BCUT2D eigenvalue weighted by Gasteiger charge is 2.28. The third kappa shape index (κ3) is 4.71. The molecule has 0 saturated carbocycles. The number of phenols is 1. The summed E-state index contributed by atoms with van der Waals surface area (Å²) in [5.74, 6) is 0.648. The van der Waals surface area contributed by atoms with Gasteiger partial charge in [-0.05, 0) is 53.7 Å². The molecule has 0 aliphatic carbocycles. The van der Waals surface area contributed by atoms with Crippen LogP contribution < -0.4 is 0 Å². The summed E-state index contributed by atoms with van der Waals surface area (Å²) in [4.78, 5) is 21.0. The van der Waals surface area contributed by atoms with Gasteiger partial charge >= 0.3 is 6.03 Å². The van der Waals surface area contributed by atoms with E-state index in [0.717, 1.165) is 0 Å². The smallest absolute Gasteiger partial charge is 0.325 e. The number of carbonyl (C=O) groups is 1. The van der Waals surface area contributed by atoms with E-state index in [9.17, 15) is 9.90 Å². The Kier molecular flexibility index (Phi) is 7.07. The van der Waals surface area contributed by atoms with Crippen LogP contribution in [0.2, 0.25) is 0 Å². The van der Waals surface area contributed by atoms with Crippen LogP contribution in [0.4, 0.5) is 4.79 Å². The molecule has 0 unspecified atom stereocenters. The van der Waals surface area contributed by atoms with Gasteiger partial charge in [-0.1, -0.05) is 12.1 Å². The number of nitrogens with zero attached hydrogens (tertiary/aromatic N) is 3. The molecule has 1 N–H and O–H groups in total. The van der Waals surface area contributed by atoms with Gasteiger partial charge in [0.15, 0.2) is 0 Å². The Balaban J connectivity index is 3.43. The molecule has 0 bridgehead atoms. The first-order chi connectivity index (χ1) is 10.8. The Morgan fingerprint density at radius 2 is 1.70 bits per heavy atom. The molecule has 0 aliphatic rings. The monoisotopic (exact) mass is 319 g/mol. The SMILES string of the molecule is CCN(CC)C(=O)N(C(=NC(C)C)c1ccccc1O)C(C)C. The van der Waals surface area contributed by atoms with Gasteiger partial charge in [-0.3, -0.25) is 9.89 Å². The number of rotatable bonds is 5. The van der Waals surface area contributed by atoms with Crippen molar-refractivity contribution in [1.82, 2.24) is 9.80 Å². The summed E-state index contributed by atoms with van der Waals surface area (Å²) in [6, 6.07) is 6.86. The number of hydrogen-bond acceptors (Lipinski definition) is 3. The summed E-state index contributed by atoms with van der Waals surface area (Å²) in [6.45, 7) is 13.0. The van der Waals surface area contributed by atoms with Crippen LogP contribution >= 0.6 is 0 Å². The molecule has 0 heterocycles. The summed E-state index contributed by atoms with van der Waals surface area (Å²) < 4.78 is 0. The van der Waals surface area contributed by atoms with E-state index in [4.69, 9.17) is 0 Å². The fourth-order valence-corrected chi connectivity index (χ4v) is 2.37. The number of aromatic hydroxyl groups is 1. The summed E-state index contributed by atoms with van der Waals surface area (Å²) >= 11 is 0. The normalized spacial score (nSPS) is 11.9. The van der Waals surface area contributed by atoms with E-state index >= 15 is 0 Å². The molecule has 1 rings (SSSR count). The molecule has 0 fully saturated rings. The van der Waals surface area contributed by atoms with Crippen LogP contribution in [0.25, 0.3) is 0 Å². The van der Waals surface area contributed by atoms with Gasteiger partial charge in [0.2, 0.25) is 0 Å². The number of benzene rings is 1. The van der Waals surface area contributed by atoms with Crippen molar-refractivity contribution in [3.05, 3.63) is 29.8 Å². The van der Waals surface area contributed by atoms with Crippen molar-refractivity contribution in [1.29, 1.82) is 0 Å². The van der Waals surface area contributed by atoms with Crippen molar-refractivity contribution in [2.45, 2.75) is 53.6 Å². The quantitative estimate of drug-likeness (QED) is 0.664. The van der Waals surface area contributed by atoms with Crippen LogP contribution in [0.3, 0.4) is 0 Å². The van der Waals surface area contributed by atoms with Gasteiger partial charge in [0.05, 0.1) is 5.56 Å². The molecular weight excluding hydrogens is 290 g/mol. The van der Waals surface area contributed by atoms with Gasteiger partial charge in [-0.25, -0.2) is 4.79 Å². The molecule has 128 valence electrons. The van der Waals surface area contributed by atoms with E-state index in [0.29, 0.717) is 24.5 Å². The number of amides is 2. The minimum Gasteiger partial charge on any atom is -0.507 e. The first-order valence-electron chi connectivity index (χ1n) is 8.27. The molecule has 1 aromatic rings. The van der Waals surface area contributed by atoms with Crippen LogP contribution in [-0.4, -0.2) is 51.9 Å². The van der Waals surface area contributed by atoms with Gasteiger partial charge < -0.3 is 10.0 Å². The molecular formula is C18H29N3O2. The number of para-hydroxylation sites is 1. The highest BCUT2D eigenvalue weighted by molar-refractivity contribution is 6.09. The predicted molar refractivity (Wildman–Crippen MR) is 95.1 cm³/mol. The molecule has 0 saturated heterocycles. The fraction of sp³-hybridized carbons (Fsp3) is 0.556. The predicted octanol–water partition coefficient (Wildman–Crippen LogP) is 3.72. The lowest BCUT2D eigenvalue weighted by Crippen LogP contribution is -2.50. The van der Waals surface area contributed by atoms with Crippen molar-refractivity contribution in [2.75, 3.05) is 13.1 Å². The van der Waals surface area contributed by atoms with Crippen molar-refractivity contribution in [3.63, 3.8) is 0 Å². The van der Waals surface area contributed by atoms with Gasteiger partial charge in [-0.15, -0.1) is 0 Å². The highest BCUT2D eigenvalue weighted by atomic mass is 16.3. The Labute approximate surface area is 139 Å². The second-order valence-electron chi connectivity index (χ2n) is 5.98. The van der Waals surface area contributed by atoms with Gasteiger partial charge in [0.1, 0.15) is 11.6 Å². The van der Waals surface area contributed by atoms with E-state index in [1.807, 2.05) is 47.6 Å². The third-order valence-corrected chi connectivity index (χ3v) is 3.51. The van der Waals surface area contributed by atoms with Crippen LogP contribution in [0.15, 0.2) is 29.3 Å². The second kappa shape index (κ2) is 8.56. The highest BCUT2D eigenvalue weighted by Crippen LogP contribution is 2.22. The van der Waals surface area contributed by atoms with Gasteiger partial charge in [-0.2, -0.15) is 0 Å². The second-order valence-corrected chi connectivity index (χ2v) is 5.98. The Morgan fingerprint density at radius 1 is 1.13 bits per heavy atom. The van der Waals surface area contributed by atoms with E-state index < -0.39 is 0 Å². The Hall–Kier alpha value is -2.04. The molecule has 2 amide bonds. The molecule has 5 heteroatoms. The van der Waals surface area contributed by atoms with Crippen molar-refractivity contribution in [2.24, 2.45) is 4.99 Å². The zero-order valence-corrected chi connectivity index (χ0v) is 15.1. The summed E-state index contributed by atoms with van der Waals surface area (Å²) in [5.41, 5.74) is 0.579. The number of urea groups is 1. The summed E-state index contributed by atoms with van der Waals surface area (Å²) in [7, 11) is 0. The van der Waals surface area contributed by atoms with Crippen LogP contribution in [0.5, 0.6) is 5.75 Å². The molecule has 5 nitrogen and oxygen atoms in total. The van der Waals surface area contributed by atoms with Crippen molar-refractivity contribution < 1.29 is 9.90 Å².